The summed E-state index contributed by atoms with van der Waals surface area (Å²) in [5, 5.41) is 0. The molecular formula is C13H17FO3. The first kappa shape index (κ1) is 13.8. The molecule has 0 amide bonds. The van der Waals surface area contributed by atoms with E-state index in [9.17, 15) is 9.18 Å². The molecule has 0 aliphatic rings. The van der Waals surface area contributed by atoms with Crippen LogP contribution < -0.4 is 0 Å². The fraction of sp³-hybridized carbons (Fsp3) is 0.462. The normalized spacial score (nSPS) is 12.4. The molecular weight excluding hydrogens is 223 g/mol. The zero-order valence-corrected chi connectivity index (χ0v) is 10.1. The third kappa shape index (κ3) is 4.63. The predicted octanol–water partition coefficient (Wildman–Crippen LogP) is 2.45. The van der Waals surface area contributed by atoms with E-state index in [1.54, 1.807) is 6.92 Å². The summed E-state index contributed by atoms with van der Waals surface area (Å²) in [4.78, 5) is 11.8. The lowest BCUT2D eigenvalue weighted by molar-refractivity contribution is 0.0174. The molecule has 94 valence electrons. The number of carbonyl (C=O) groups excluding carboxylic acids is 1. The van der Waals surface area contributed by atoms with Gasteiger partial charge in [0.05, 0.1) is 13.2 Å². The first-order valence-electron chi connectivity index (χ1n) is 5.64. The van der Waals surface area contributed by atoms with Crippen LogP contribution in [-0.4, -0.2) is 31.7 Å². The van der Waals surface area contributed by atoms with E-state index < -0.39 is 6.10 Å². The molecule has 0 heterocycles. The lowest BCUT2D eigenvalue weighted by atomic mass is 10.1. The van der Waals surface area contributed by atoms with Crippen molar-refractivity contribution in [2.75, 3.05) is 19.8 Å². The van der Waals surface area contributed by atoms with E-state index in [1.807, 2.05) is 6.92 Å². The van der Waals surface area contributed by atoms with Gasteiger partial charge < -0.3 is 9.47 Å². The van der Waals surface area contributed by atoms with Gasteiger partial charge >= 0.3 is 0 Å². The van der Waals surface area contributed by atoms with Gasteiger partial charge in [0, 0.05) is 12.2 Å². The quantitative estimate of drug-likeness (QED) is 0.542. The SMILES string of the molecule is CCOCCOC(C)C(=O)c1ccc(F)cc1. The van der Waals surface area contributed by atoms with Gasteiger partial charge in [-0.3, -0.25) is 4.79 Å². The zero-order chi connectivity index (χ0) is 12.7. The van der Waals surface area contributed by atoms with E-state index in [-0.39, 0.29) is 11.6 Å². The average Bonchev–Trinajstić information content (AvgIpc) is 2.34. The fourth-order valence-electron chi connectivity index (χ4n) is 1.35. The van der Waals surface area contributed by atoms with Crippen molar-refractivity contribution in [2.24, 2.45) is 0 Å². The highest BCUT2D eigenvalue weighted by Gasteiger charge is 2.15. The van der Waals surface area contributed by atoms with Crippen LogP contribution >= 0.6 is 0 Å². The van der Waals surface area contributed by atoms with Crippen molar-refractivity contribution in [3.8, 4) is 0 Å². The van der Waals surface area contributed by atoms with Crippen LogP contribution in [0.1, 0.15) is 24.2 Å². The number of carbonyl (C=O) groups is 1. The lowest BCUT2D eigenvalue weighted by Crippen LogP contribution is -2.22. The minimum atomic E-state index is -0.541. The fourth-order valence-corrected chi connectivity index (χ4v) is 1.35. The summed E-state index contributed by atoms with van der Waals surface area (Å²) >= 11 is 0. The van der Waals surface area contributed by atoms with Crippen molar-refractivity contribution < 1.29 is 18.7 Å². The summed E-state index contributed by atoms with van der Waals surface area (Å²) in [5.74, 6) is -0.507. The number of halogens is 1. The summed E-state index contributed by atoms with van der Waals surface area (Å²) in [5.41, 5.74) is 0.454. The molecule has 0 radical (unpaired) electrons. The Kier molecular flexibility index (Phi) is 5.80. The van der Waals surface area contributed by atoms with Gasteiger partial charge in [0.25, 0.3) is 0 Å². The van der Waals surface area contributed by atoms with Gasteiger partial charge in [-0.05, 0) is 38.1 Å². The summed E-state index contributed by atoms with van der Waals surface area (Å²) < 4.78 is 23.1. The Hall–Kier alpha value is -1.26. The van der Waals surface area contributed by atoms with Crippen molar-refractivity contribution >= 4 is 5.78 Å². The summed E-state index contributed by atoms with van der Waals surface area (Å²) in [6.45, 7) is 5.05. The number of rotatable bonds is 7. The Balaban J connectivity index is 2.43. The standard InChI is InChI=1S/C13H17FO3/c1-3-16-8-9-17-10(2)13(15)11-4-6-12(14)7-5-11/h4-7,10H,3,8-9H2,1-2H3. The predicted molar refractivity (Wildman–Crippen MR) is 62.6 cm³/mol. The molecule has 0 aliphatic heterocycles. The van der Waals surface area contributed by atoms with Gasteiger partial charge in [-0.25, -0.2) is 4.39 Å². The van der Waals surface area contributed by atoms with Crippen LogP contribution in [0.5, 0.6) is 0 Å². The maximum absolute atomic E-state index is 12.7. The second-order valence-corrected chi connectivity index (χ2v) is 3.58. The van der Waals surface area contributed by atoms with E-state index in [0.29, 0.717) is 25.4 Å². The monoisotopic (exact) mass is 240 g/mol. The van der Waals surface area contributed by atoms with Gasteiger partial charge in [0.2, 0.25) is 0 Å². The zero-order valence-electron chi connectivity index (χ0n) is 10.1. The minimum Gasteiger partial charge on any atom is -0.379 e. The lowest BCUT2D eigenvalue weighted by Gasteiger charge is -2.12. The molecule has 4 heteroatoms. The maximum Gasteiger partial charge on any atom is 0.191 e. The number of Topliss-reactive ketones (excluding diaryl/α,β-unsaturated/α-hetero) is 1. The largest absolute Gasteiger partial charge is 0.379 e. The molecule has 0 bridgehead atoms. The molecule has 0 saturated carbocycles. The van der Waals surface area contributed by atoms with Crippen LogP contribution in [0.4, 0.5) is 4.39 Å². The van der Waals surface area contributed by atoms with Crippen LogP contribution in [0.2, 0.25) is 0 Å². The molecule has 1 aromatic rings. The molecule has 0 fully saturated rings. The molecule has 0 spiro atoms. The van der Waals surface area contributed by atoms with Crippen molar-refractivity contribution in [3.05, 3.63) is 35.6 Å². The highest BCUT2D eigenvalue weighted by atomic mass is 19.1. The van der Waals surface area contributed by atoms with Crippen LogP contribution in [0.3, 0.4) is 0 Å². The number of benzene rings is 1. The molecule has 3 nitrogen and oxygen atoms in total. The number of ketones is 1. The molecule has 1 rings (SSSR count). The second kappa shape index (κ2) is 7.14. The van der Waals surface area contributed by atoms with E-state index in [4.69, 9.17) is 9.47 Å². The molecule has 1 atom stereocenters. The number of hydrogen-bond acceptors (Lipinski definition) is 3. The van der Waals surface area contributed by atoms with Gasteiger partial charge in [-0.1, -0.05) is 0 Å². The molecule has 0 aliphatic carbocycles. The topological polar surface area (TPSA) is 35.5 Å². The van der Waals surface area contributed by atoms with Crippen molar-refractivity contribution in [1.82, 2.24) is 0 Å². The maximum atomic E-state index is 12.7. The van der Waals surface area contributed by atoms with E-state index in [0.717, 1.165) is 0 Å². The van der Waals surface area contributed by atoms with Crippen molar-refractivity contribution in [1.29, 1.82) is 0 Å². The molecule has 1 unspecified atom stereocenters. The Morgan fingerprint density at radius 1 is 1.29 bits per heavy atom. The Morgan fingerprint density at radius 2 is 1.94 bits per heavy atom. The van der Waals surface area contributed by atoms with Crippen LogP contribution in [0, 0.1) is 5.82 Å². The molecule has 0 saturated heterocycles. The molecule has 17 heavy (non-hydrogen) atoms. The van der Waals surface area contributed by atoms with Crippen LogP contribution in [-0.2, 0) is 9.47 Å². The smallest absolute Gasteiger partial charge is 0.191 e. The highest BCUT2D eigenvalue weighted by molar-refractivity contribution is 5.99. The summed E-state index contributed by atoms with van der Waals surface area (Å²) in [7, 11) is 0. The van der Waals surface area contributed by atoms with Crippen molar-refractivity contribution in [3.63, 3.8) is 0 Å². The number of hydrogen-bond donors (Lipinski definition) is 0. The van der Waals surface area contributed by atoms with E-state index in [2.05, 4.69) is 0 Å². The van der Waals surface area contributed by atoms with Crippen molar-refractivity contribution in [2.45, 2.75) is 20.0 Å². The Bertz CT molecular complexity index is 348. The van der Waals surface area contributed by atoms with Gasteiger partial charge in [0.1, 0.15) is 11.9 Å². The van der Waals surface area contributed by atoms with E-state index >= 15 is 0 Å². The highest BCUT2D eigenvalue weighted by Crippen LogP contribution is 2.08. The Labute approximate surface area is 101 Å². The van der Waals surface area contributed by atoms with Crippen LogP contribution in [0.25, 0.3) is 0 Å². The number of ether oxygens (including phenoxy) is 2. The third-order valence-electron chi connectivity index (χ3n) is 2.30. The summed E-state index contributed by atoms with van der Waals surface area (Å²) in [6, 6.07) is 5.44. The van der Waals surface area contributed by atoms with E-state index in [1.165, 1.54) is 24.3 Å². The van der Waals surface area contributed by atoms with Gasteiger partial charge in [-0.2, -0.15) is 0 Å². The van der Waals surface area contributed by atoms with Gasteiger partial charge in [-0.15, -0.1) is 0 Å². The molecule has 0 N–H and O–H groups in total. The Morgan fingerprint density at radius 3 is 2.53 bits per heavy atom. The minimum absolute atomic E-state index is 0.151. The first-order chi connectivity index (χ1) is 8.15. The van der Waals surface area contributed by atoms with Crippen LogP contribution in [0.15, 0.2) is 24.3 Å². The third-order valence-corrected chi connectivity index (χ3v) is 2.30. The second-order valence-electron chi connectivity index (χ2n) is 3.58. The summed E-state index contributed by atoms with van der Waals surface area (Å²) in [6.07, 6.45) is -0.541. The first-order valence-corrected chi connectivity index (χ1v) is 5.64. The average molecular weight is 240 g/mol. The van der Waals surface area contributed by atoms with Gasteiger partial charge in [0.15, 0.2) is 5.78 Å². The molecule has 1 aromatic carbocycles. The molecule has 0 aromatic heterocycles.